The van der Waals surface area contributed by atoms with Crippen LogP contribution in [-0.2, 0) is 0 Å². The van der Waals surface area contributed by atoms with Gasteiger partial charge in [-0.2, -0.15) is 0 Å². The van der Waals surface area contributed by atoms with E-state index in [1.165, 1.54) is 37.7 Å². The van der Waals surface area contributed by atoms with Crippen LogP contribution in [0.15, 0.2) is 36.5 Å². The summed E-state index contributed by atoms with van der Waals surface area (Å²) in [4.78, 5) is 14.7. The first-order valence-corrected chi connectivity index (χ1v) is 8.12. The van der Waals surface area contributed by atoms with E-state index in [0.29, 0.717) is 5.92 Å². The topological polar surface area (TPSA) is 59.4 Å². The predicted molar refractivity (Wildman–Crippen MR) is 88.9 cm³/mol. The van der Waals surface area contributed by atoms with Crippen LogP contribution in [0.2, 0.25) is 0 Å². The Kier molecular flexibility index (Phi) is 4.60. The molecule has 1 fully saturated rings. The fraction of sp³-hybridized carbons (Fsp3) is 0.368. The van der Waals surface area contributed by atoms with E-state index >= 15 is 0 Å². The number of pyridine rings is 1. The van der Waals surface area contributed by atoms with Crippen molar-refractivity contribution in [2.45, 2.75) is 44.9 Å². The average molecular weight is 311 g/mol. The van der Waals surface area contributed by atoms with Gasteiger partial charge in [-0.15, -0.1) is 0 Å². The lowest BCUT2D eigenvalue weighted by atomic mass is 9.83. The second kappa shape index (κ2) is 6.82. The molecule has 1 heterocycles. The van der Waals surface area contributed by atoms with Gasteiger partial charge in [0.15, 0.2) is 0 Å². The van der Waals surface area contributed by atoms with Crippen LogP contribution in [0.4, 0.5) is 4.79 Å². The van der Waals surface area contributed by atoms with Crippen LogP contribution in [0, 0.1) is 6.92 Å². The monoisotopic (exact) mass is 311 g/mol. The molecule has 1 aromatic heterocycles. The van der Waals surface area contributed by atoms with E-state index in [2.05, 4.69) is 29.2 Å². The van der Waals surface area contributed by atoms with E-state index in [-0.39, 0.29) is 5.88 Å². The van der Waals surface area contributed by atoms with Gasteiger partial charge in [0, 0.05) is 11.8 Å². The molecule has 1 aliphatic rings. The molecule has 1 aliphatic carbocycles. The Morgan fingerprint density at radius 3 is 2.48 bits per heavy atom. The van der Waals surface area contributed by atoms with Gasteiger partial charge in [0.25, 0.3) is 0 Å². The van der Waals surface area contributed by atoms with Gasteiger partial charge in [-0.05, 0) is 48.4 Å². The zero-order valence-electron chi connectivity index (χ0n) is 13.3. The van der Waals surface area contributed by atoms with E-state index < -0.39 is 6.16 Å². The molecule has 0 spiro atoms. The van der Waals surface area contributed by atoms with Crippen molar-refractivity contribution in [3.05, 3.63) is 47.7 Å². The van der Waals surface area contributed by atoms with E-state index in [4.69, 9.17) is 9.84 Å². The minimum absolute atomic E-state index is 0.145. The number of nitrogens with zero attached hydrogens (tertiary/aromatic N) is 1. The van der Waals surface area contributed by atoms with Gasteiger partial charge >= 0.3 is 6.16 Å². The third-order valence-electron chi connectivity index (χ3n) is 4.64. The Morgan fingerprint density at radius 2 is 1.83 bits per heavy atom. The molecule has 0 aliphatic heterocycles. The Morgan fingerprint density at radius 1 is 1.13 bits per heavy atom. The molecule has 0 bridgehead atoms. The highest BCUT2D eigenvalue weighted by atomic mass is 16.7. The standard InChI is InChI=1S/C19H21NO3/c1-13-17(11-12-20-18(13)23-19(21)22)16-9-7-15(8-10-16)14-5-3-2-4-6-14/h7-12,14H,2-6H2,1H3,(H,21,22). The van der Waals surface area contributed by atoms with E-state index in [1.54, 1.807) is 6.20 Å². The number of carbonyl (C=O) groups is 1. The molecule has 1 aromatic carbocycles. The number of rotatable bonds is 3. The maximum absolute atomic E-state index is 10.7. The lowest BCUT2D eigenvalue weighted by Gasteiger charge is -2.22. The Bertz CT molecular complexity index is 688. The average Bonchev–Trinajstić information content (AvgIpc) is 2.57. The molecule has 0 atom stereocenters. The second-order valence-electron chi connectivity index (χ2n) is 6.11. The van der Waals surface area contributed by atoms with Crippen molar-refractivity contribution in [2.24, 2.45) is 0 Å². The van der Waals surface area contributed by atoms with Crippen LogP contribution in [0.1, 0.15) is 49.1 Å². The first-order chi connectivity index (χ1) is 11.1. The molecular formula is C19H21NO3. The van der Waals surface area contributed by atoms with Crippen LogP contribution in [0.5, 0.6) is 5.88 Å². The molecule has 0 amide bonds. The maximum Gasteiger partial charge on any atom is 0.512 e. The van der Waals surface area contributed by atoms with Gasteiger partial charge in [0.2, 0.25) is 5.88 Å². The summed E-state index contributed by atoms with van der Waals surface area (Å²) in [6, 6.07) is 10.5. The van der Waals surface area contributed by atoms with Gasteiger partial charge in [0.05, 0.1) is 0 Å². The molecule has 1 saturated carbocycles. The van der Waals surface area contributed by atoms with Crippen molar-refractivity contribution in [2.75, 3.05) is 0 Å². The molecule has 1 N–H and O–H groups in total. The summed E-state index contributed by atoms with van der Waals surface area (Å²) < 4.78 is 4.73. The largest absolute Gasteiger partial charge is 0.512 e. The number of ether oxygens (including phenoxy) is 1. The fourth-order valence-corrected chi connectivity index (χ4v) is 3.39. The summed E-state index contributed by atoms with van der Waals surface area (Å²) in [5.74, 6) is 0.827. The summed E-state index contributed by atoms with van der Waals surface area (Å²) in [5.41, 5.74) is 4.15. The zero-order chi connectivity index (χ0) is 16.2. The molecule has 4 nitrogen and oxygen atoms in total. The van der Waals surface area contributed by atoms with Gasteiger partial charge in [0.1, 0.15) is 0 Å². The van der Waals surface area contributed by atoms with Crippen LogP contribution in [0.25, 0.3) is 11.1 Å². The van der Waals surface area contributed by atoms with Crippen LogP contribution in [-0.4, -0.2) is 16.2 Å². The molecule has 0 saturated heterocycles. The van der Waals surface area contributed by atoms with Crippen LogP contribution < -0.4 is 4.74 Å². The van der Waals surface area contributed by atoms with Gasteiger partial charge in [-0.1, -0.05) is 43.5 Å². The maximum atomic E-state index is 10.7. The van der Waals surface area contributed by atoms with Crippen molar-refractivity contribution >= 4 is 6.16 Å². The lowest BCUT2D eigenvalue weighted by Crippen LogP contribution is -2.06. The zero-order valence-corrected chi connectivity index (χ0v) is 13.3. The van der Waals surface area contributed by atoms with Gasteiger partial charge in [-0.3, -0.25) is 0 Å². The SMILES string of the molecule is Cc1c(-c2ccc(C3CCCCC3)cc2)ccnc1OC(=O)O. The second-order valence-corrected chi connectivity index (χ2v) is 6.11. The van der Waals surface area contributed by atoms with Gasteiger partial charge in [-0.25, -0.2) is 9.78 Å². The highest BCUT2D eigenvalue weighted by Crippen LogP contribution is 2.34. The van der Waals surface area contributed by atoms with E-state index in [9.17, 15) is 4.79 Å². The van der Waals surface area contributed by atoms with Crippen LogP contribution in [0.3, 0.4) is 0 Å². The third kappa shape index (κ3) is 3.52. The summed E-state index contributed by atoms with van der Waals surface area (Å²) >= 11 is 0. The normalized spacial score (nSPS) is 15.3. The number of carboxylic acid groups (broad SMARTS) is 1. The quantitative estimate of drug-likeness (QED) is 0.795. The highest BCUT2D eigenvalue weighted by molar-refractivity contribution is 5.70. The molecule has 0 unspecified atom stereocenters. The molecule has 0 radical (unpaired) electrons. The summed E-state index contributed by atoms with van der Waals surface area (Å²) in [6.45, 7) is 1.83. The predicted octanol–water partition coefficient (Wildman–Crippen LogP) is 5.16. The number of aromatic nitrogens is 1. The lowest BCUT2D eigenvalue weighted by molar-refractivity contribution is 0.142. The van der Waals surface area contributed by atoms with Crippen molar-refractivity contribution in [1.82, 2.24) is 4.98 Å². The minimum Gasteiger partial charge on any atom is -0.449 e. The van der Waals surface area contributed by atoms with Crippen molar-refractivity contribution in [1.29, 1.82) is 0 Å². The molecule has 3 rings (SSSR count). The molecule has 23 heavy (non-hydrogen) atoms. The Balaban J connectivity index is 1.85. The minimum atomic E-state index is -1.34. The molecule has 120 valence electrons. The Labute approximate surface area is 136 Å². The Hall–Kier alpha value is -2.36. The summed E-state index contributed by atoms with van der Waals surface area (Å²) in [5, 5.41) is 8.77. The van der Waals surface area contributed by atoms with E-state index in [0.717, 1.165) is 16.7 Å². The van der Waals surface area contributed by atoms with E-state index in [1.807, 2.05) is 13.0 Å². The molecule has 4 heteroatoms. The van der Waals surface area contributed by atoms with Crippen molar-refractivity contribution < 1.29 is 14.6 Å². The summed E-state index contributed by atoms with van der Waals surface area (Å²) in [6.07, 6.45) is 6.81. The van der Waals surface area contributed by atoms with Gasteiger partial charge < -0.3 is 9.84 Å². The fourth-order valence-electron chi connectivity index (χ4n) is 3.39. The molecular weight excluding hydrogens is 290 g/mol. The first-order valence-electron chi connectivity index (χ1n) is 8.12. The van der Waals surface area contributed by atoms with Crippen LogP contribution >= 0.6 is 0 Å². The number of hydrogen-bond donors (Lipinski definition) is 1. The first kappa shape index (κ1) is 15.5. The highest BCUT2D eigenvalue weighted by Gasteiger charge is 2.16. The number of benzene rings is 1. The van der Waals surface area contributed by atoms with Crippen molar-refractivity contribution in [3.8, 4) is 17.0 Å². The number of hydrogen-bond acceptors (Lipinski definition) is 3. The molecule has 2 aromatic rings. The third-order valence-corrected chi connectivity index (χ3v) is 4.64. The van der Waals surface area contributed by atoms with Crippen molar-refractivity contribution in [3.63, 3.8) is 0 Å². The summed E-state index contributed by atoms with van der Waals surface area (Å²) in [7, 11) is 0. The smallest absolute Gasteiger partial charge is 0.449 e.